The molecule has 2 rings (SSSR count). The molecule has 0 spiro atoms. The summed E-state index contributed by atoms with van der Waals surface area (Å²) in [6.45, 7) is 9.78. The summed E-state index contributed by atoms with van der Waals surface area (Å²) in [5, 5.41) is 0. The van der Waals surface area contributed by atoms with Gasteiger partial charge in [-0.25, -0.2) is 0 Å². The standard InChI is InChI=1S/C13H24/c1-12(2,3)11-7-8-13(4,9-11)10-5-6-10/h10-11H,5-9H2,1-4H3. The topological polar surface area (TPSA) is 0 Å². The minimum absolute atomic E-state index is 0.548. The SMILES string of the molecule is CC(C)(C)C1CCC(C)(C2CC2)C1. The maximum atomic E-state index is 2.54. The Morgan fingerprint density at radius 1 is 1.08 bits per heavy atom. The number of hydrogen-bond acceptors (Lipinski definition) is 0. The molecule has 0 amide bonds. The monoisotopic (exact) mass is 180 g/mol. The molecule has 2 unspecified atom stereocenters. The van der Waals surface area contributed by atoms with Gasteiger partial charge in [0.1, 0.15) is 0 Å². The second-order valence-electron chi connectivity index (χ2n) is 6.73. The first-order chi connectivity index (χ1) is 5.92. The summed E-state index contributed by atoms with van der Waals surface area (Å²) in [7, 11) is 0. The van der Waals surface area contributed by atoms with Gasteiger partial charge in [-0.3, -0.25) is 0 Å². The van der Waals surface area contributed by atoms with Gasteiger partial charge in [0.25, 0.3) is 0 Å². The molecule has 0 nitrogen and oxygen atoms in total. The third-order valence-corrected chi connectivity index (χ3v) is 4.56. The minimum Gasteiger partial charge on any atom is -0.0599 e. The number of rotatable bonds is 1. The highest BCUT2D eigenvalue weighted by Crippen LogP contribution is 2.58. The number of hydrogen-bond donors (Lipinski definition) is 0. The summed E-state index contributed by atoms with van der Waals surface area (Å²) in [6, 6.07) is 0. The fourth-order valence-electron chi connectivity index (χ4n) is 3.16. The van der Waals surface area contributed by atoms with Crippen LogP contribution in [0.4, 0.5) is 0 Å². The van der Waals surface area contributed by atoms with Gasteiger partial charge < -0.3 is 0 Å². The van der Waals surface area contributed by atoms with E-state index in [-0.39, 0.29) is 0 Å². The first-order valence-electron chi connectivity index (χ1n) is 5.92. The van der Waals surface area contributed by atoms with Gasteiger partial charge >= 0.3 is 0 Å². The van der Waals surface area contributed by atoms with E-state index in [1.807, 2.05) is 0 Å². The van der Waals surface area contributed by atoms with E-state index in [0.717, 1.165) is 17.3 Å². The van der Waals surface area contributed by atoms with Gasteiger partial charge in [0.05, 0.1) is 0 Å². The van der Waals surface area contributed by atoms with Crippen molar-refractivity contribution in [2.24, 2.45) is 22.7 Å². The van der Waals surface area contributed by atoms with Crippen LogP contribution in [-0.2, 0) is 0 Å². The lowest BCUT2D eigenvalue weighted by Gasteiger charge is -2.30. The summed E-state index contributed by atoms with van der Waals surface area (Å²) in [5.41, 5.74) is 1.28. The summed E-state index contributed by atoms with van der Waals surface area (Å²) in [5.74, 6) is 2.08. The van der Waals surface area contributed by atoms with Gasteiger partial charge in [-0.1, -0.05) is 27.7 Å². The van der Waals surface area contributed by atoms with Crippen LogP contribution >= 0.6 is 0 Å². The Hall–Kier alpha value is 0. The zero-order valence-electron chi connectivity index (χ0n) is 9.69. The quantitative estimate of drug-likeness (QED) is 0.566. The average molecular weight is 180 g/mol. The molecule has 13 heavy (non-hydrogen) atoms. The molecule has 0 bridgehead atoms. The van der Waals surface area contributed by atoms with E-state index < -0.39 is 0 Å². The summed E-state index contributed by atoms with van der Waals surface area (Å²) in [6.07, 6.45) is 7.53. The highest BCUT2D eigenvalue weighted by molar-refractivity contribution is 4.98. The summed E-state index contributed by atoms with van der Waals surface area (Å²) >= 11 is 0. The molecule has 0 heteroatoms. The lowest BCUT2D eigenvalue weighted by Crippen LogP contribution is -2.21. The van der Waals surface area contributed by atoms with Crippen molar-refractivity contribution in [1.82, 2.24) is 0 Å². The van der Waals surface area contributed by atoms with Crippen LogP contribution in [0.5, 0.6) is 0 Å². The Morgan fingerprint density at radius 2 is 1.69 bits per heavy atom. The van der Waals surface area contributed by atoms with Crippen molar-refractivity contribution in [2.45, 2.75) is 59.8 Å². The van der Waals surface area contributed by atoms with E-state index in [4.69, 9.17) is 0 Å². The van der Waals surface area contributed by atoms with Crippen LogP contribution in [0.3, 0.4) is 0 Å². The van der Waals surface area contributed by atoms with Crippen molar-refractivity contribution in [2.75, 3.05) is 0 Å². The second kappa shape index (κ2) is 2.74. The Bertz CT molecular complexity index is 195. The maximum absolute atomic E-state index is 2.54. The van der Waals surface area contributed by atoms with Gasteiger partial charge in [0.15, 0.2) is 0 Å². The molecule has 2 aliphatic carbocycles. The zero-order valence-corrected chi connectivity index (χ0v) is 9.69. The van der Waals surface area contributed by atoms with Crippen LogP contribution in [0.1, 0.15) is 59.8 Å². The van der Waals surface area contributed by atoms with E-state index in [1.54, 1.807) is 0 Å². The molecule has 0 radical (unpaired) electrons. The van der Waals surface area contributed by atoms with E-state index in [0.29, 0.717) is 5.41 Å². The Labute approximate surface area is 83.1 Å². The third kappa shape index (κ3) is 1.78. The van der Waals surface area contributed by atoms with Crippen molar-refractivity contribution >= 4 is 0 Å². The molecule has 0 heterocycles. The van der Waals surface area contributed by atoms with E-state index >= 15 is 0 Å². The summed E-state index contributed by atoms with van der Waals surface area (Å²) in [4.78, 5) is 0. The molecule has 2 saturated carbocycles. The van der Waals surface area contributed by atoms with Gasteiger partial charge in [0, 0.05) is 0 Å². The van der Waals surface area contributed by atoms with Crippen molar-refractivity contribution < 1.29 is 0 Å². The smallest absolute Gasteiger partial charge is 0.0295 e. The Morgan fingerprint density at radius 3 is 2.08 bits per heavy atom. The van der Waals surface area contributed by atoms with E-state index in [1.165, 1.54) is 32.1 Å². The van der Waals surface area contributed by atoms with Crippen LogP contribution in [0.25, 0.3) is 0 Å². The van der Waals surface area contributed by atoms with E-state index in [9.17, 15) is 0 Å². The molecule has 0 aliphatic heterocycles. The first kappa shape index (κ1) is 9.55. The normalized spacial score (nSPS) is 41.1. The highest BCUT2D eigenvalue weighted by atomic mass is 14.5. The van der Waals surface area contributed by atoms with Gasteiger partial charge in [-0.2, -0.15) is 0 Å². The third-order valence-electron chi connectivity index (χ3n) is 4.56. The molecule has 2 atom stereocenters. The summed E-state index contributed by atoms with van der Waals surface area (Å²) < 4.78 is 0. The highest BCUT2D eigenvalue weighted by Gasteiger charge is 2.48. The second-order valence-corrected chi connectivity index (χ2v) is 6.73. The molecule has 2 fully saturated rings. The van der Waals surface area contributed by atoms with Crippen molar-refractivity contribution in [3.63, 3.8) is 0 Å². The van der Waals surface area contributed by atoms with E-state index in [2.05, 4.69) is 27.7 Å². The predicted octanol–water partition coefficient (Wildman–Crippen LogP) is 4.25. The lowest BCUT2D eigenvalue weighted by molar-refractivity contribution is 0.201. The lowest BCUT2D eigenvalue weighted by atomic mass is 9.75. The molecule has 0 aromatic carbocycles. The zero-order chi connectivity index (χ0) is 9.69. The fourth-order valence-corrected chi connectivity index (χ4v) is 3.16. The van der Waals surface area contributed by atoms with Crippen LogP contribution in [0.2, 0.25) is 0 Å². The minimum atomic E-state index is 0.548. The van der Waals surface area contributed by atoms with Crippen LogP contribution in [0.15, 0.2) is 0 Å². The molecule has 0 N–H and O–H groups in total. The van der Waals surface area contributed by atoms with Gasteiger partial charge in [-0.05, 0) is 54.8 Å². The van der Waals surface area contributed by atoms with Crippen LogP contribution in [-0.4, -0.2) is 0 Å². The Balaban J connectivity index is 2.00. The van der Waals surface area contributed by atoms with Crippen molar-refractivity contribution in [1.29, 1.82) is 0 Å². The fraction of sp³-hybridized carbons (Fsp3) is 1.00. The maximum Gasteiger partial charge on any atom is -0.0295 e. The molecule has 2 aliphatic rings. The largest absolute Gasteiger partial charge is 0.0599 e. The van der Waals surface area contributed by atoms with Gasteiger partial charge in [0.2, 0.25) is 0 Å². The molecular weight excluding hydrogens is 156 g/mol. The van der Waals surface area contributed by atoms with Crippen molar-refractivity contribution in [3.05, 3.63) is 0 Å². The molecule has 0 aromatic heterocycles. The van der Waals surface area contributed by atoms with Crippen LogP contribution in [0, 0.1) is 22.7 Å². The molecule has 0 aromatic rings. The first-order valence-corrected chi connectivity index (χ1v) is 5.92. The average Bonchev–Trinajstić information content (AvgIpc) is 2.75. The van der Waals surface area contributed by atoms with Crippen LogP contribution < -0.4 is 0 Å². The Kier molecular flexibility index (Phi) is 2.02. The predicted molar refractivity (Wildman–Crippen MR) is 57.6 cm³/mol. The molecule has 0 saturated heterocycles. The van der Waals surface area contributed by atoms with Crippen molar-refractivity contribution in [3.8, 4) is 0 Å². The molecular formula is C13H24. The molecule has 76 valence electrons. The van der Waals surface area contributed by atoms with Gasteiger partial charge in [-0.15, -0.1) is 0 Å².